The van der Waals surface area contributed by atoms with Gasteiger partial charge in [0.2, 0.25) is 0 Å². The summed E-state index contributed by atoms with van der Waals surface area (Å²) in [6.45, 7) is 5.74. The van der Waals surface area contributed by atoms with Gasteiger partial charge in [-0.3, -0.25) is 4.90 Å². The topological polar surface area (TPSA) is 27.0 Å². The van der Waals surface area contributed by atoms with Crippen molar-refractivity contribution < 1.29 is 0 Å². The molecule has 1 saturated carbocycles. The van der Waals surface area contributed by atoms with E-state index in [4.69, 9.17) is 5.26 Å². The molecule has 0 bridgehead atoms. The molecule has 2 rings (SSSR count). The third kappa shape index (κ3) is 3.81. The molecule has 0 aromatic heterocycles. The second-order valence-corrected chi connectivity index (χ2v) is 6.62. The Labute approximate surface area is 117 Å². The molecular formula is C17H24N2. The minimum atomic E-state index is 0.534. The van der Waals surface area contributed by atoms with Gasteiger partial charge in [0, 0.05) is 12.6 Å². The van der Waals surface area contributed by atoms with E-state index in [1.807, 2.05) is 12.1 Å². The molecule has 102 valence electrons. The van der Waals surface area contributed by atoms with Gasteiger partial charge < -0.3 is 0 Å². The SMILES string of the molecule is CN(Cc1ccc(C#N)cc1)C1CCC(C)(C)CC1. The van der Waals surface area contributed by atoms with Gasteiger partial charge in [0.25, 0.3) is 0 Å². The largest absolute Gasteiger partial charge is 0.299 e. The molecule has 2 heteroatoms. The average molecular weight is 256 g/mol. The number of benzene rings is 1. The van der Waals surface area contributed by atoms with Crippen molar-refractivity contribution >= 4 is 0 Å². The monoisotopic (exact) mass is 256 g/mol. The number of nitriles is 1. The smallest absolute Gasteiger partial charge is 0.0991 e. The predicted octanol–water partition coefficient (Wildman–Crippen LogP) is 3.96. The fraction of sp³-hybridized carbons (Fsp3) is 0.588. The Kier molecular flexibility index (Phi) is 4.27. The van der Waals surface area contributed by atoms with Crippen molar-refractivity contribution in [1.29, 1.82) is 5.26 Å². The maximum absolute atomic E-state index is 8.80. The van der Waals surface area contributed by atoms with Gasteiger partial charge >= 0.3 is 0 Å². The summed E-state index contributed by atoms with van der Waals surface area (Å²) in [5.41, 5.74) is 2.57. The molecule has 0 aliphatic heterocycles. The third-order valence-electron chi connectivity index (χ3n) is 4.45. The normalized spacial score (nSPS) is 19.3. The lowest BCUT2D eigenvalue weighted by Crippen LogP contribution is -2.36. The molecule has 1 aromatic carbocycles. The van der Waals surface area contributed by atoms with Gasteiger partial charge in [0.15, 0.2) is 0 Å². The molecule has 0 amide bonds. The van der Waals surface area contributed by atoms with Crippen molar-refractivity contribution in [2.24, 2.45) is 5.41 Å². The molecule has 1 fully saturated rings. The average Bonchev–Trinajstić information content (AvgIpc) is 2.39. The van der Waals surface area contributed by atoms with Crippen LogP contribution in [0.3, 0.4) is 0 Å². The molecule has 2 nitrogen and oxygen atoms in total. The van der Waals surface area contributed by atoms with E-state index in [1.54, 1.807) is 0 Å². The van der Waals surface area contributed by atoms with Gasteiger partial charge in [-0.05, 0) is 55.8 Å². The molecule has 0 unspecified atom stereocenters. The zero-order chi connectivity index (χ0) is 13.9. The van der Waals surface area contributed by atoms with Crippen LogP contribution in [0.15, 0.2) is 24.3 Å². The molecule has 0 radical (unpaired) electrons. The Morgan fingerprint density at radius 3 is 2.32 bits per heavy atom. The second-order valence-electron chi connectivity index (χ2n) is 6.62. The Bertz CT molecular complexity index is 443. The molecule has 1 aromatic rings. The fourth-order valence-corrected chi connectivity index (χ4v) is 2.93. The quantitative estimate of drug-likeness (QED) is 0.818. The Balaban J connectivity index is 1.90. The maximum Gasteiger partial charge on any atom is 0.0991 e. The van der Waals surface area contributed by atoms with E-state index in [0.29, 0.717) is 11.5 Å². The molecule has 19 heavy (non-hydrogen) atoms. The van der Waals surface area contributed by atoms with Crippen molar-refractivity contribution in [3.8, 4) is 6.07 Å². The van der Waals surface area contributed by atoms with Gasteiger partial charge in [-0.1, -0.05) is 26.0 Å². The highest BCUT2D eigenvalue weighted by atomic mass is 15.1. The molecule has 0 heterocycles. The van der Waals surface area contributed by atoms with Crippen LogP contribution in [-0.4, -0.2) is 18.0 Å². The first-order valence-corrected chi connectivity index (χ1v) is 7.19. The summed E-state index contributed by atoms with van der Waals surface area (Å²) in [6.07, 6.45) is 5.27. The van der Waals surface area contributed by atoms with Crippen molar-refractivity contribution in [3.63, 3.8) is 0 Å². The molecule has 1 aliphatic rings. The van der Waals surface area contributed by atoms with Crippen LogP contribution in [0.25, 0.3) is 0 Å². The van der Waals surface area contributed by atoms with Crippen molar-refractivity contribution in [1.82, 2.24) is 4.90 Å². The van der Waals surface area contributed by atoms with Crippen LogP contribution in [0, 0.1) is 16.7 Å². The number of hydrogen-bond acceptors (Lipinski definition) is 2. The van der Waals surface area contributed by atoms with Crippen LogP contribution in [0.1, 0.15) is 50.7 Å². The van der Waals surface area contributed by atoms with Crippen LogP contribution in [0.2, 0.25) is 0 Å². The lowest BCUT2D eigenvalue weighted by molar-refractivity contribution is 0.123. The van der Waals surface area contributed by atoms with Crippen LogP contribution in [-0.2, 0) is 6.54 Å². The molecule has 0 spiro atoms. The highest BCUT2D eigenvalue weighted by Gasteiger charge is 2.28. The first-order chi connectivity index (χ1) is 9.00. The first kappa shape index (κ1) is 14.1. The summed E-state index contributed by atoms with van der Waals surface area (Å²) in [5.74, 6) is 0. The molecule has 0 saturated heterocycles. The van der Waals surface area contributed by atoms with E-state index in [1.165, 1.54) is 31.2 Å². The minimum absolute atomic E-state index is 0.534. The molecule has 0 N–H and O–H groups in total. The van der Waals surface area contributed by atoms with Crippen molar-refractivity contribution in [2.45, 2.75) is 52.1 Å². The van der Waals surface area contributed by atoms with Crippen LogP contribution < -0.4 is 0 Å². The lowest BCUT2D eigenvalue weighted by Gasteiger charge is -2.38. The standard InChI is InChI=1S/C17H24N2/c1-17(2)10-8-16(9-11-17)19(3)13-15-6-4-14(12-18)5-7-15/h4-7,16H,8-11,13H2,1-3H3. The van der Waals surface area contributed by atoms with E-state index in [-0.39, 0.29) is 0 Å². The van der Waals surface area contributed by atoms with Crippen LogP contribution in [0.4, 0.5) is 0 Å². The molecular weight excluding hydrogens is 232 g/mol. The summed E-state index contributed by atoms with van der Waals surface area (Å²) in [6, 6.07) is 10.8. The van der Waals surface area contributed by atoms with E-state index < -0.39 is 0 Å². The number of hydrogen-bond donors (Lipinski definition) is 0. The van der Waals surface area contributed by atoms with E-state index in [0.717, 1.165) is 12.1 Å². The van der Waals surface area contributed by atoms with Gasteiger partial charge in [-0.15, -0.1) is 0 Å². The minimum Gasteiger partial charge on any atom is -0.299 e. The number of rotatable bonds is 3. The van der Waals surface area contributed by atoms with Crippen LogP contribution in [0.5, 0.6) is 0 Å². The van der Waals surface area contributed by atoms with Gasteiger partial charge in [0.1, 0.15) is 0 Å². The summed E-state index contributed by atoms with van der Waals surface area (Å²) in [5, 5.41) is 8.80. The maximum atomic E-state index is 8.80. The predicted molar refractivity (Wildman–Crippen MR) is 78.7 cm³/mol. The highest BCUT2D eigenvalue weighted by molar-refractivity contribution is 5.31. The third-order valence-corrected chi connectivity index (χ3v) is 4.45. The summed E-state index contributed by atoms with van der Waals surface area (Å²) >= 11 is 0. The molecule has 0 atom stereocenters. The summed E-state index contributed by atoms with van der Waals surface area (Å²) in [4.78, 5) is 2.47. The van der Waals surface area contributed by atoms with Crippen molar-refractivity contribution in [2.75, 3.05) is 7.05 Å². The van der Waals surface area contributed by atoms with E-state index in [9.17, 15) is 0 Å². The summed E-state index contributed by atoms with van der Waals surface area (Å²) < 4.78 is 0. The second kappa shape index (κ2) is 5.75. The van der Waals surface area contributed by atoms with Crippen molar-refractivity contribution in [3.05, 3.63) is 35.4 Å². The molecule has 1 aliphatic carbocycles. The zero-order valence-electron chi connectivity index (χ0n) is 12.3. The van der Waals surface area contributed by atoms with E-state index >= 15 is 0 Å². The van der Waals surface area contributed by atoms with Gasteiger partial charge in [-0.25, -0.2) is 0 Å². The lowest BCUT2D eigenvalue weighted by atomic mass is 9.75. The van der Waals surface area contributed by atoms with E-state index in [2.05, 4.69) is 44.0 Å². The summed E-state index contributed by atoms with van der Waals surface area (Å²) in [7, 11) is 2.22. The van der Waals surface area contributed by atoms with Gasteiger partial charge in [-0.2, -0.15) is 5.26 Å². The zero-order valence-corrected chi connectivity index (χ0v) is 12.3. The van der Waals surface area contributed by atoms with Gasteiger partial charge in [0.05, 0.1) is 11.6 Å². The van der Waals surface area contributed by atoms with Crippen LogP contribution >= 0.6 is 0 Å². The Hall–Kier alpha value is -1.33. The first-order valence-electron chi connectivity index (χ1n) is 7.19. The fourth-order valence-electron chi connectivity index (χ4n) is 2.93. The highest BCUT2D eigenvalue weighted by Crippen LogP contribution is 2.36. The Morgan fingerprint density at radius 2 is 1.79 bits per heavy atom. The number of nitrogens with zero attached hydrogens (tertiary/aromatic N) is 2. The Morgan fingerprint density at radius 1 is 1.21 bits per heavy atom.